The summed E-state index contributed by atoms with van der Waals surface area (Å²) in [6.45, 7) is 4.54. The second-order valence-corrected chi connectivity index (χ2v) is 5.24. The lowest BCUT2D eigenvalue weighted by Crippen LogP contribution is -2.21. The first-order valence-corrected chi connectivity index (χ1v) is 7.31. The molecule has 1 aromatic carbocycles. The highest BCUT2D eigenvalue weighted by atomic mass is 19.4. The molecule has 1 aromatic rings. The van der Waals surface area contributed by atoms with Crippen LogP contribution in [0.25, 0.3) is 0 Å². The summed E-state index contributed by atoms with van der Waals surface area (Å²) in [5.74, 6) is 0. The third-order valence-corrected chi connectivity index (χ3v) is 3.39. The van der Waals surface area contributed by atoms with Gasteiger partial charge in [0.15, 0.2) is 0 Å². The Balaban J connectivity index is 2.34. The molecule has 1 rings (SSSR count). The molecular weight excluding hydrogens is 263 g/mol. The molecule has 0 aliphatic carbocycles. The number of nitrogens with one attached hydrogen (secondary N) is 1. The van der Waals surface area contributed by atoms with Crippen molar-refractivity contribution in [1.82, 2.24) is 5.32 Å². The van der Waals surface area contributed by atoms with Gasteiger partial charge in [-0.2, -0.15) is 13.2 Å². The number of hydrogen-bond acceptors (Lipinski definition) is 1. The second-order valence-electron chi connectivity index (χ2n) is 5.24. The van der Waals surface area contributed by atoms with E-state index in [1.165, 1.54) is 18.4 Å². The number of hydrogen-bond donors (Lipinski definition) is 1. The van der Waals surface area contributed by atoms with Gasteiger partial charge in [-0.25, -0.2) is 0 Å². The fourth-order valence-corrected chi connectivity index (χ4v) is 2.08. The summed E-state index contributed by atoms with van der Waals surface area (Å²) >= 11 is 0. The van der Waals surface area contributed by atoms with E-state index in [-0.39, 0.29) is 12.5 Å². The van der Waals surface area contributed by atoms with Gasteiger partial charge < -0.3 is 5.32 Å². The first-order chi connectivity index (χ1) is 9.42. The minimum absolute atomic E-state index is 0.0865. The molecule has 0 bridgehead atoms. The predicted molar refractivity (Wildman–Crippen MR) is 76.8 cm³/mol. The van der Waals surface area contributed by atoms with E-state index in [1.54, 1.807) is 0 Å². The predicted octanol–water partition coefficient (Wildman–Crippen LogP) is 5.02. The number of rotatable bonds is 8. The van der Waals surface area contributed by atoms with E-state index >= 15 is 0 Å². The van der Waals surface area contributed by atoms with Gasteiger partial charge >= 0.3 is 6.18 Å². The van der Waals surface area contributed by atoms with Crippen LogP contribution in [0, 0.1) is 0 Å². The molecule has 0 aliphatic rings. The maximum absolute atomic E-state index is 12.0. The van der Waals surface area contributed by atoms with Gasteiger partial charge in [-0.1, -0.05) is 37.6 Å². The van der Waals surface area contributed by atoms with Crippen molar-refractivity contribution in [2.75, 3.05) is 6.54 Å². The van der Waals surface area contributed by atoms with Gasteiger partial charge in [0.1, 0.15) is 0 Å². The van der Waals surface area contributed by atoms with Gasteiger partial charge in [-0.3, -0.25) is 0 Å². The quantitative estimate of drug-likeness (QED) is 0.662. The summed E-state index contributed by atoms with van der Waals surface area (Å²) in [6.07, 6.45) is -1.19. The van der Waals surface area contributed by atoms with E-state index in [4.69, 9.17) is 0 Å². The van der Waals surface area contributed by atoms with E-state index in [1.807, 2.05) is 6.92 Å². The number of benzene rings is 1. The molecule has 0 fully saturated rings. The first-order valence-electron chi connectivity index (χ1n) is 7.31. The molecule has 0 amide bonds. The third-order valence-electron chi connectivity index (χ3n) is 3.39. The lowest BCUT2D eigenvalue weighted by molar-refractivity contribution is -0.135. The van der Waals surface area contributed by atoms with Gasteiger partial charge in [0.25, 0.3) is 0 Å². The molecule has 0 heterocycles. The number of unbranched alkanes of at least 4 members (excludes halogenated alkanes) is 1. The minimum Gasteiger partial charge on any atom is -0.310 e. The highest BCUT2D eigenvalue weighted by Gasteiger charge is 2.25. The second kappa shape index (κ2) is 8.30. The third kappa shape index (κ3) is 6.94. The van der Waals surface area contributed by atoms with Crippen LogP contribution >= 0.6 is 0 Å². The number of halogens is 3. The molecule has 114 valence electrons. The van der Waals surface area contributed by atoms with Gasteiger partial charge in [-0.05, 0) is 43.9 Å². The average molecular weight is 287 g/mol. The van der Waals surface area contributed by atoms with E-state index in [0.717, 1.165) is 12.0 Å². The van der Waals surface area contributed by atoms with Crippen molar-refractivity contribution in [3.63, 3.8) is 0 Å². The van der Waals surface area contributed by atoms with E-state index in [9.17, 15) is 13.2 Å². The van der Waals surface area contributed by atoms with Gasteiger partial charge in [0.05, 0.1) is 0 Å². The fourth-order valence-electron chi connectivity index (χ4n) is 2.08. The van der Waals surface area contributed by atoms with Gasteiger partial charge in [0.2, 0.25) is 0 Å². The Morgan fingerprint density at radius 1 is 1.10 bits per heavy atom. The summed E-state index contributed by atoms with van der Waals surface area (Å²) in [6, 6.07) is 8.43. The molecule has 20 heavy (non-hydrogen) atoms. The summed E-state index contributed by atoms with van der Waals surface area (Å²) < 4.78 is 36.1. The van der Waals surface area contributed by atoms with Crippen molar-refractivity contribution in [2.24, 2.45) is 0 Å². The zero-order valence-corrected chi connectivity index (χ0v) is 12.3. The van der Waals surface area contributed by atoms with Crippen LogP contribution in [0.3, 0.4) is 0 Å². The van der Waals surface area contributed by atoms with Crippen molar-refractivity contribution in [1.29, 1.82) is 0 Å². The summed E-state index contributed by atoms with van der Waals surface area (Å²) in [5.41, 5.74) is 2.44. The molecule has 0 aliphatic heterocycles. The van der Waals surface area contributed by atoms with E-state index in [2.05, 4.69) is 36.5 Å². The van der Waals surface area contributed by atoms with Crippen molar-refractivity contribution < 1.29 is 13.2 Å². The standard InChI is InChI=1S/C16H24F3N/c1-3-4-6-14-7-9-15(10-8-14)13(2)20-12-5-11-16(17,18)19/h7-10,13,20H,3-6,11-12H2,1-2H3. The van der Waals surface area contributed by atoms with Crippen LogP contribution in [0.5, 0.6) is 0 Å². The summed E-state index contributed by atoms with van der Waals surface area (Å²) in [7, 11) is 0. The van der Waals surface area contributed by atoms with Crippen molar-refractivity contribution in [2.45, 2.75) is 58.2 Å². The van der Waals surface area contributed by atoms with Crippen LogP contribution in [-0.4, -0.2) is 12.7 Å². The molecule has 1 unspecified atom stereocenters. The normalized spacial score (nSPS) is 13.4. The highest BCUT2D eigenvalue weighted by Crippen LogP contribution is 2.21. The highest BCUT2D eigenvalue weighted by molar-refractivity contribution is 5.24. The lowest BCUT2D eigenvalue weighted by Gasteiger charge is -2.15. The molecule has 0 spiro atoms. The number of aryl methyl sites for hydroxylation is 1. The van der Waals surface area contributed by atoms with Crippen LogP contribution in [0.4, 0.5) is 13.2 Å². The molecule has 1 nitrogen and oxygen atoms in total. The Kier molecular flexibility index (Phi) is 7.06. The van der Waals surface area contributed by atoms with Crippen molar-refractivity contribution in [3.05, 3.63) is 35.4 Å². The zero-order valence-electron chi connectivity index (χ0n) is 12.3. The molecular formula is C16H24F3N. The van der Waals surface area contributed by atoms with Crippen LogP contribution in [0.2, 0.25) is 0 Å². The Morgan fingerprint density at radius 2 is 1.75 bits per heavy atom. The molecule has 0 saturated carbocycles. The van der Waals surface area contributed by atoms with Crippen LogP contribution in [0.15, 0.2) is 24.3 Å². The Bertz CT molecular complexity index is 370. The van der Waals surface area contributed by atoms with Gasteiger partial charge in [0, 0.05) is 12.5 Å². The minimum atomic E-state index is -4.05. The Labute approximate surface area is 119 Å². The molecule has 0 radical (unpaired) electrons. The van der Waals surface area contributed by atoms with Crippen molar-refractivity contribution >= 4 is 0 Å². The maximum atomic E-state index is 12.0. The number of alkyl halides is 3. The molecule has 1 N–H and O–H groups in total. The van der Waals surface area contributed by atoms with Gasteiger partial charge in [-0.15, -0.1) is 0 Å². The summed E-state index contributed by atoms with van der Waals surface area (Å²) in [4.78, 5) is 0. The van der Waals surface area contributed by atoms with Crippen LogP contribution < -0.4 is 5.32 Å². The lowest BCUT2D eigenvalue weighted by atomic mass is 10.0. The first kappa shape index (κ1) is 17.0. The smallest absolute Gasteiger partial charge is 0.310 e. The largest absolute Gasteiger partial charge is 0.389 e. The maximum Gasteiger partial charge on any atom is 0.389 e. The molecule has 0 saturated heterocycles. The van der Waals surface area contributed by atoms with Crippen molar-refractivity contribution in [3.8, 4) is 0 Å². The molecule has 4 heteroatoms. The van der Waals surface area contributed by atoms with Crippen LogP contribution in [-0.2, 0) is 6.42 Å². The average Bonchev–Trinajstić information content (AvgIpc) is 2.40. The summed E-state index contributed by atoms with van der Waals surface area (Å²) in [5, 5.41) is 3.13. The molecule has 0 aromatic heterocycles. The zero-order chi connectivity index (χ0) is 15.0. The monoisotopic (exact) mass is 287 g/mol. The van der Waals surface area contributed by atoms with E-state index < -0.39 is 12.6 Å². The SMILES string of the molecule is CCCCc1ccc(C(C)NCCCC(F)(F)F)cc1. The fraction of sp³-hybridized carbons (Fsp3) is 0.625. The molecule has 1 atom stereocenters. The van der Waals surface area contributed by atoms with Crippen LogP contribution in [0.1, 0.15) is 56.7 Å². The Morgan fingerprint density at radius 3 is 2.30 bits per heavy atom. The topological polar surface area (TPSA) is 12.0 Å². The Hall–Kier alpha value is -1.03. The van der Waals surface area contributed by atoms with E-state index in [0.29, 0.717) is 6.54 Å².